The van der Waals surface area contributed by atoms with Crippen LogP contribution in [0.25, 0.3) is 6.08 Å². The van der Waals surface area contributed by atoms with Crippen LogP contribution < -0.4 is 29.1 Å². The van der Waals surface area contributed by atoms with Gasteiger partial charge in [-0.3, -0.25) is 9.36 Å². The molecule has 1 aliphatic rings. The summed E-state index contributed by atoms with van der Waals surface area (Å²) in [6, 6.07) is 22.1. The van der Waals surface area contributed by atoms with Crippen molar-refractivity contribution in [3.8, 4) is 17.2 Å². The van der Waals surface area contributed by atoms with E-state index in [-0.39, 0.29) is 17.7 Å². The molecule has 4 aromatic rings. The van der Waals surface area contributed by atoms with E-state index in [1.165, 1.54) is 11.3 Å². The first kappa shape index (κ1) is 28.9. The van der Waals surface area contributed by atoms with Gasteiger partial charge in [0.05, 0.1) is 36.1 Å². The normalized spacial score (nSPS) is 14.7. The fourth-order valence-electron chi connectivity index (χ4n) is 4.85. The van der Waals surface area contributed by atoms with E-state index in [4.69, 9.17) is 18.9 Å². The Kier molecular flexibility index (Phi) is 8.88. The number of benzene rings is 3. The molecule has 8 nitrogen and oxygen atoms in total. The smallest absolute Gasteiger partial charge is 0.338 e. The SMILES string of the molecule is CCOC(=O)C1=C(C)N=c2s/c(=C/c3ccc(OCc4ccccc4)cc3)c(=O)n2[C@H]1c1cccc(OC)c1OCC. The van der Waals surface area contributed by atoms with Gasteiger partial charge < -0.3 is 18.9 Å². The summed E-state index contributed by atoms with van der Waals surface area (Å²) >= 11 is 1.27. The third-order valence-electron chi connectivity index (χ3n) is 6.76. The van der Waals surface area contributed by atoms with Crippen molar-refractivity contribution < 1.29 is 23.7 Å². The summed E-state index contributed by atoms with van der Waals surface area (Å²) in [4.78, 5) is 32.4. The molecule has 0 N–H and O–H groups in total. The lowest BCUT2D eigenvalue weighted by molar-refractivity contribution is -0.139. The lowest BCUT2D eigenvalue weighted by atomic mass is 9.94. The molecule has 0 aliphatic carbocycles. The number of aromatic nitrogens is 1. The Balaban J connectivity index is 1.57. The largest absolute Gasteiger partial charge is 0.493 e. The van der Waals surface area contributed by atoms with E-state index in [1.807, 2.05) is 79.7 Å². The molecule has 1 aromatic heterocycles. The Morgan fingerprint density at radius 1 is 0.976 bits per heavy atom. The Bertz CT molecular complexity index is 1790. The molecule has 0 amide bonds. The summed E-state index contributed by atoms with van der Waals surface area (Å²) in [6.07, 6.45) is 1.82. The molecule has 1 aliphatic heterocycles. The number of methoxy groups -OCH3 is 1. The van der Waals surface area contributed by atoms with Gasteiger partial charge in [0.1, 0.15) is 18.4 Å². The number of esters is 1. The summed E-state index contributed by atoms with van der Waals surface area (Å²) in [6.45, 7) is 6.39. The maximum Gasteiger partial charge on any atom is 0.338 e. The molecule has 9 heteroatoms. The molecule has 2 heterocycles. The van der Waals surface area contributed by atoms with Crippen molar-refractivity contribution in [3.05, 3.63) is 120 Å². The Labute approximate surface area is 247 Å². The van der Waals surface area contributed by atoms with Gasteiger partial charge >= 0.3 is 5.97 Å². The third kappa shape index (κ3) is 5.87. The quantitative estimate of drug-likeness (QED) is 0.249. The molecule has 0 saturated carbocycles. The van der Waals surface area contributed by atoms with Crippen LogP contribution in [0.2, 0.25) is 0 Å². The maximum atomic E-state index is 14.0. The van der Waals surface area contributed by atoms with Crippen LogP contribution in [-0.2, 0) is 16.1 Å². The van der Waals surface area contributed by atoms with Gasteiger partial charge in [-0.15, -0.1) is 0 Å². The minimum absolute atomic E-state index is 0.189. The highest BCUT2D eigenvalue weighted by molar-refractivity contribution is 7.07. The summed E-state index contributed by atoms with van der Waals surface area (Å²) in [5, 5.41) is 0. The fraction of sp³-hybridized carbons (Fsp3) is 0.242. The Morgan fingerprint density at radius 2 is 1.74 bits per heavy atom. The number of allylic oxidation sites excluding steroid dienone is 1. The summed E-state index contributed by atoms with van der Waals surface area (Å²) < 4.78 is 24.9. The van der Waals surface area contributed by atoms with Crippen molar-refractivity contribution in [2.75, 3.05) is 20.3 Å². The van der Waals surface area contributed by atoms with E-state index in [9.17, 15) is 9.59 Å². The molecule has 1 atom stereocenters. The van der Waals surface area contributed by atoms with Gasteiger partial charge in [-0.05, 0) is 56.2 Å². The van der Waals surface area contributed by atoms with Gasteiger partial charge in [0.15, 0.2) is 16.3 Å². The second kappa shape index (κ2) is 12.9. The molecule has 0 fully saturated rings. The third-order valence-corrected chi connectivity index (χ3v) is 7.74. The van der Waals surface area contributed by atoms with Crippen LogP contribution in [-0.4, -0.2) is 30.9 Å². The predicted octanol–water partition coefficient (Wildman–Crippen LogP) is 4.78. The van der Waals surface area contributed by atoms with E-state index in [2.05, 4.69) is 4.99 Å². The Morgan fingerprint density at radius 3 is 2.43 bits per heavy atom. The first-order valence-corrected chi connectivity index (χ1v) is 14.5. The van der Waals surface area contributed by atoms with Gasteiger partial charge in [0.2, 0.25) is 0 Å². The zero-order chi connectivity index (χ0) is 29.6. The number of fused-ring (bicyclic) bond motifs is 1. The number of para-hydroxylation sites is 1. The van der Waals surface area contributed by atoms with Crippen LogP contribution >= 0.6 is 11.3 Å². The highest BCUT2D eigenvalue weighted by atomic mass is 32.1. The Hall–Kier alpha value is -4.63. The standard InChI is InChI=1S/C33H32N2O6S/c1-5-39-30-25(13-10-14-26(30)38-4)29-28(32(37)40-6-2)21(3)34-33-35(29)31(36)27(42-33)19-22-15-17-24(18-16-22)41-20-23-11-8-7-9-12-23/h7-19,29H,5-6,20H2,1-4H3/b27-19+/t29-/m0/s1. The second-order valence-electron chi connectivity index (χ2n) is 9.46. The lowest BCUT2D eigenvalue weighted by Gasteiger charge is -2.26. The number of thiazole rings is 1. The number of rotatable bonds is 10. The highest BCUT2D eigenvalue weighted by Crippen LogP contribution is 2.40. The summed E-state index contributed by atoms with van der Waals surface area (Å²) in [5.41, 5.74) is 3.02. The summed E-state index contributed by atoms with van der Waals surface area (Å²) in [7, 11) is 1.55. The van der Waals surface area contributed by atoms with Crippen molar-refractivity contribution in [1.29, 1.82) is 0 Å². The van der Waals surface area contributed by atoms with Crippen LogP contribution in [0.1, 0.15) is 43.5 Å². The van der Waals surface area contributed by atoms with Crippen molar-refractivity contribution in [2.45, 2.75) is 33.4 Å². The molecule has 0 bridgehead atoms. The van der Waals surface area contributed by atoms with Crippen LogP contribution in [0.5, 0.6) is 17.2 Å². The number of ether oxygens (including phenoxy) is 4. The van der Waals surface area contributed by atoms with Crippen molar-refractivity contribution in [1.82, 2.24) is 4.57 Å². The zero-order valence-corrected chi connectivity index (χ0v) is 24.8. The molecular formula is C33H32N2O6S. The minimum Gasteiger partial charge on any atom is -0.493 e. The van der Waals surface area contributed by atoms with E-state index in [0.717, 1.165) is 16.9 Å². The number of hydrogen-bond donors (Lipinski definition) is 0. The van der Waals surface area contributed by atoms with Crippen molar-refractivity contribution in [3.63, 3.8) is 0 Å². The minimum atomic E-state index is -0.812. The van der Waals surface area contributed by atoms with Gasteiger partial charge in [0, 0.05) is 5.56 Å². The lowest BCUT2D eigenvalue weighted by Crippen LogP contribution is -2.40. The molecule has 0 spiro atoms. The molecule has 216 valence electrons. The van der Waals surface area contributed by atoms with Crippen LogP contribution in [0.4, 0.5) is 0 Å². The van der Waals surface area contributed by atoms with E-state index < -0.39 is 12.0 Å². The zero-order valence-electron chi connectivity index (χ0n) is 24.0. The summed E-state index contributed by atoms with van der Waals surface area (Å²) in [5.74, 6) is 1.16. The molecular weight excluding hydrogens is 552 g/mol. The molecule has 0 unspecified atom stereocenters. The number of hydrogen-bond acceptors (Lipinski definition) is 8. The predicted molar refractivity (Wildman–Crippen MR) is 162 cm³/mol. The van der Waals surface area contributed by atoms with Crippen molar-refractivity contribution in [2.24, 2.45) is 4.99 Å². The van der Waals surface area contributed by atoms with Crippen LogP contribution in [0.15, 0.2) is 93.9 Å². The molecule has 3 aromatic carbocycles. The van der Waals surface area contributed by atoms with Gasteiger partial charge in [-0.2, -0.15) is 0 Å². The monoisotopic (exact) mass is 584 g/mol. The average molecular weight is 585 g/mol. The van der Waals surface area contributed by atoms with Crippen LogP contribution in [0.3, 0.4) is 0 Å². The first-order chi connectivity index (χ1) is 20.4. The maximum absolute atomic E-state index is 14.0. The highest BCUT2D eigenvalue weighted by Gasteiger charge is 2.35. The fourth-order valence-corrected chi connectivity index (χ4v) is 5.89. The molecule has 42 heavy (non-hydrogen) atoms. The first-order valence-electron chi connectivity index (χ1n) is 13.7. The van der Waals surface area contributed by atoms with Crippen LogP contribution in [0, 0.1) is 0 Å². The van der Waals surface area contributed by atoms with Crippen molar-refractivity contribution >= 4 is 23.4 Å². The van der Waals surface area contributed by atoms with Gasteiger partial charge in [0.25, 0.3) is 5.56 Å². The van der Waals surface area contributed by atoms with Gasteiger partial charge in [-0.1, -0.05) is 65.9 Å². The second-order valence-corrected chi connectivity index (χ2v) is 10.5. The van der Waals surface area contributed by atoms with E-state index in [0.29, 0.717) is 45.3 Å². The van der Waals surface area contributed by atoms with E-state index >= 15 is 0 Å². The topological polar surface area (TPSA) is 88.4 Å². The molecule has 0 saturated heterocycles. The number of nitrogens with zero attached hydrogens (tertiary/aromatic N) is 2. The average Bonchev–Trinajstić information content (AvgIpc) is 3.30. The number of carbonyl (C=O) groups excluding carboxylic acids is 1. The number of carbonyl (C=O) groups is 1. The molecule has 0 radical (unpaired) electrons. The van der Waals surface area contributed by atoms with Gasteiger partial charge in [-0.25, -0.2) is 9.79 Å². The molecule has 5 rings (SSSR count). The van der Waals surface area contributed by atoms with E-state index in [1.54, 1.807) is 31.6 Å².